The SMILES string of the molecule is Cc1ccc(/C=C/S(=O)(=O)N2CCc3c(ncn(C)c3=O)C2)cc1. The van der Waals surface area contributed by atoms with E-state index in [1.807, 2.05) is 31.2 Å². The van der Waals surface area contributed by atoms with Gasteiger partial charge in [0, 0.05) is 24.6 Å². The Labute approximate surface area is 141 Å². The van der Waals surface area contributed by atoms with Crippen LogP contribution < -0.4 is 5.56 Å². The summed E-state index contributed by atoms with van der Waals surface area (Å²) in [6, 6.07) is 7.61. The van der Waals surface area contributed by atoms with Crippen molar-refractivity contribution in [2.75, 3.05) is 6.54 Å². The maximum atomic E-state index is 12.5. The van der Waals surface area contributed by atoms with Crippen LogP contribution in [0.15, 0.2) is 40.8 Å². The molecule has 3 rings (SSSR count). The number of fused-ring (bicyclic) bond motifs is 1. The van der Waals surface area contributed by atoms with E-state index in [1.54, 1.807) is 13.1 Å². The molecule has 0 fully saturated rings. The van der Waals surface area contributed by atoms with E-state index in [-0.39, 0.29) is 18.6 Å². The van der Waals surface area contributed by atoms with Gasteiger partial charge in [0.1, 0.15) is 0 Å². The van der Waals surface area contributed by atoms with Crippen molar-refractivity contribution in [3.63, 3.8) is 0 Å². The van der Waals surface area contributed by atoms with Crippen molar-refractivity contribution in [2.24, 2.45) is 7.05 Å². The van der Waals surface area contributed by atoms with Gasteiger partial charge in [0.15, 0.2) is 0 Å². The first-order valence-corrected chi connectivity index (χ1v) is 9.15. The van der Waals surface area contributed by atoms with Crippen LogP contribution in [0.25, 0.3) is 6.08 Å². The topological polar surface area (TPSA) is 72.3 Å². The number of rotatable bonds is 3. The number of hydrogen-bond donors (Lipinski definition) is 0. The van der Waals surface area contributed by atoms with Crippen molar-refractivity contribution in [3.8, 4) is 0 Å². The number of hydrogen-bond acceptors (Lipinski definition) is 4. The summed E-state index contributed by atoms with van der Waals surface area (Å²) >= 11 is 0. The molecule has 0 N–H and O–H groups in total. The lowest BCUT2D eigenvalue weighted by Gasteiger charge is -2.25. The molecule has 2 aromatic rings. The molecule has 1 aliphatic rings. The van der Waals surface area contributed by atoms with Gasteiger partial charge in [-0.3, -0.25) is 4.79 Å². The summed E-state index contributed by atoms with van der Waals surface area (Å²) in [6.45, 7) is 2.40. The number of benzene rings is 1. The molecular weight excluding hydrogens is 326 g/mol. The van der Waals surface area contributed by atoms with Crippen LogP contribution in [0.5, 0.6) is 0 Å². The zero-order valence-electron chi connectivity index (χ0n) is 13.6. The Hall–Kier alpha value is -2.25. The Morgan fingerprint density at radius 3 is 2.62 bits per heavy atom. The second-order valence-electron chi connectivity index (χ2n) is 5.93. The Morgan fingerprint density at radius 2 is 1.92 bits per heavy atom. The Balaban J connectivity index is 1.82. The highest BCUT2D eigenvalue weighted by Crippen LogP contribution is 2.18. The zero-order chi connectivity index (χ0) is 17.3. The minimum atomic E-state index is -3.55. The van der Waals surface area contributed by atoms with Crippen LogP contribution in [-0.4, -0.2) is 28.8 Å². The average molecular weight is 345 g/mol. The Bertz CT molecular complexity index is 944. The third kappa shape index (κ3) is 3.32. The summed E-state index contributed by atoms with van der Waals surface area (Å²) in [7, 11) is -1.91. The van der Waals surface area contributed by atoms with Crippen LogP contribution in [0.2, 0.25) is 0 Å². The van der Waals surface area contributed by atoms with Crippen LogP contribution in [0, 0.1) is 6.92 Å². The molecule has 1 aromatic carbocycles. The quantitative estimate of drug-likeness (QED) is 0.844. The molecule has 0 saturated carbocycles. The molecule has 1 aromatic heterocycles. The highest BCUT2D eigenvalue weighted by atomic mass is 32.2. The van der Waals surface area contributed by atoms with Gasteiger partial charge in [0.05, 0.1) is 18.6 Å². The molecule has 24 heavy (non-hydrogen) atoms. The third-order valence-corrected chi connectivity index (χ3v) is 5.63. The van der Waals surface area contributed by atoms with E-state index >= 15 is 0 Å². The van der Waals surface area contributed by atoms with E-state index in [9.17, 15) is 13.2 Å². The summed E-state index contributed by atoms with van der Waals surface area (Å²) in [5, 5.41) is 1.21. The molecule has 1 aliphatic heterocycles. The van der Waals surface area contributed by atoms with Crippen molar-refractivity contribution in [1.82, 2.24) is 13.9 Å². The predicted molar refractivity (Wildman–Crippen MR) is 92.7 cm³/mol. The summed E-state index contributed by atoms with van der Waals surface area (Å²) < 4.78 is 27.8. The lowest BCUT2D eigenvalue weighted by atomic mass is 10.1. The van der Waals surface area contributed by atoms with Gasteiger partial charge in [-0.1, -0.05) is 29.8 Å². The molecule has 2 heterocycles. The standard InChI is InChI=1S/C17H19N3O3S/c1-13-3-5-14(6-4-13)8-10-24(22,23)20-9-7-15-16(11-20)18-12-19(2)17(15)21/h3-6,8,10,12H,7,9,11H2,1-2H3/b10-8+. The number of aromatic nitrogens is 2. The fraction of sp³-hybridized carbons (Fsp3) is 0.294. The van der Waals surface area contributed by atoms with E-state index < -0.39 is 10.0 Å². The van der Waals surface area contributed by atoms with Gasteiger partial charge >= 0.3 is 0 Å². The lowest BCUT2D eigenvalue weighted by molar-refractivity contribution is 0.387. The monoisotopic (exact) mass is 345 g/mol. The number of aryl methyl sites for hydroxylation is 2. The van der Waals surface area contributed by atoms with Crippen LogP contribution >= 0.6 is 0 Å². The molecule has 126 valence electrons. The van der Waals surface area contributed by atoms with Crippen molar-refractivity contribution >= 4 is 16.1 Å². The first-order valence-electron chi connectivity index (χ1n) is 7.65. The van der Waals surface area contributed by atoms with Gasteiger partial charge in [-0.15, -0.1) is 0 Å². The number of sulfonamides is 1. The van der Waals surface area contributed by atoms with Gasteiger partial charge in [0.25, 0.3) is 5.56 Å². The molecule has 6 nitrogen and oxygen atoms in total. The van der Waals surface area contributed by atoms with E-state index in [4.69, 9.17) is 0 Å². The fourth-order valence-electron chi connectivity index (χ4n) is 2.64. The van der Waals surface area contributed by atoms with E-state index in [0.29, 0.717) is 17.7 Å². The highest BCUT2D eigenvalue weighted by Gasteiger charge is 2.27. The molecule has 0 amide bonds. The summed E-state index contributed by atoms with van der Waals surface area (Å²) in [5.41, 5.74) is 2.99. The molecule has 0 spiro atoms. The second-order valence-corrected chi connectivity index (χ2v) is 7.75. The third-order valence-electron chi connectivity index (χ3n) is 4.12. The smallest absolute Gasteiger partial charge is 0.256 e. The zero-order valence-corrected chi connectivity index (χ0v) is 14.5. The number of nitrogens with zero attached hydrogens (tertiary/aromatic N) is 3. The molecule has 0 bridgehead atoms. The summed E-state index contributed by atoms with van der Waals surface area (Å²) in [5.74, 6) is 0. The molecule has 7 heteroatoms. The predicted octanol–water partition coefficient (Wildman–Crippen LogP) is 1.45. The molecule has 0 atom stereocenters. The molecule has 0 unspecified atom stereocenters. The minimum absolute atomic E-state index is 0.104. The highest BCUT2D eigenvalue weighted by molar-refractivity contribution is 7.92. The van der Waals surface area contributed by atoms with Gasteiger partial charge in [-0.25, -0.2) is 13.4 Å². The van der Waals surface area contributed by atoms with Crippen LogP contribution in [0.3, 0.4) is 0 Å². The lowest BCUT2D eigenvalue weighted by Crippen LogP contribution is -2.39. The molecular formula is C17H19N3O3S. The molecule has 0 radical (unpaired) electrons. The fourth-order valence-corrected chi connectivity index (χ4v) is 3.79. The van der Waals surface area contributed by atoms with E-state index in [0.717, 1.165) is 11.1 Å². The Kier molecular flexibility index (Phi) is 4.38. The van der Waals surface area contributed by atoms with Gasteiger partial charge < -0.3 is 4.57 Å². The Morgan fingerprint density at radius 1 is 1.21 bits per heavy atom. The van der Waals surface area contributed by atoms with Crippen LogP contribution in [0.4, 0.5) is 0 Å². The van der Waals surface area contributed by atoms with Gasteiger partial charge in [-0.2, -0.15) is 4.31 Å². The maximum absolute atomic E-state index is 12.5. The van der Waals surface area contributed by atoms with Crippen LogP contribution in [0.1, 0.15) is 22.4 Å². The first kappa shape index (κ1) is 16.6. The van der Waals surface area contributed by atoms with Crippen LogP contribution in [-0.2, 0) is 30.0 Å². The van der Waals surface area contributed by atoms with Gasteiger partial charge in [-0.05, 0) is 25.0 Å². The first-order chi connectivity index (χ1) is 11.4. The van der Waals surface area contributed by atoms with Gasteiger partial charge in [0.2, 0.25) is 10.0 Å². The van der Waals surface area contributed by atoms with E-state index in [1.165, 1.54) is 20.6 Å². The summed E-state index contributed by atoms with van der Waals surface area (Å²) in [6.07, 6.45) is 3.40. The largest absolute Gasteiger partial charge is 0.302 e. The van der Waals surface area contributed by atoms with Crippen molar-refractivity contribution < 1.29 is 8.42 Å². The second kappa shape index (κ2) is 6.33. The normalized spacial score (nSPS) is 15.6. The minimum Gasteiger partial charge on any atom is -0.302 e. The van der Waals surface area contributed by atoms with Crippen molar-refractivity contribution in [1.29, 1.82) is 0 Å². The van der Waals surface area contributed by atoms with Crippen molar-refractivity contribution in [2.45, 2.75) is 19.9 Å². The summed E-state index contributed by atoms with van der Waals surface area (Å²) in [4.78, 5) is 16.3. The van der Waals surface area contributed by atoms with E-state index in [2.05, 4.69) is 4.98 Å². The molecule has 0 aliphatic carbocycles. The molecule has 0 saturated heterocycles. The maximum Gasteiger partial charge on any atom is 0.256 e. The average Bonchev–Trinajstić information content (AvgIpc) is 2.57. The van der Waals surface area contributed by atoms with Crippen molar-refractivity contribution in [3.05, 3.63) is 68.7 Å².